The largest absolute Gasteiger partial charge is 0.391 e. The lowest BCUT2D eigenvalue weighted by Crippen LogP contribution is -2.02. The third kappa shape index (κ3) is 3.10. The van der Waals surface area contributed by atoms with E-state index in [-0.39, 0.29) is 6.61 Å². The molecule has 1 heterocycles. The molecule has 94 valence electrons. The average Bonchev–Trinajstić information content (AvgIpc) is 2.27. The highest BCUT2D eigenvalue weighted by Crippen LogP contribution is 2.25. The summed E-state index contributed by atoms with van der Waals surface area (Å²) in [7, 11) is 0. The van der Waals surface area contributed by atoms with E-state index in [1.165, 1.54) is 0 Å². The Labute approximate surface area is 115 Å². The summed E-state index contributed by atoms with van der Waals surface area (Å²) < 4.78 is 0. The minimum Gasteiger partial charge on any atom is -0.391 e. The van der Waals surface area contributed by atoms with Gasteiger partial charge in [-0.05, 0) is 25.1 Å². The van der Waals surface area contributed by atoms with Crippen LogP contribution in [-0.4, -0.2) is 15.1 Å². The monoisotopic (exact) mass is 283 g/mol. The van der Waals surface area contributed by atoms with Crippen molar-refractivity contribution < 1.29 is 5.11 Å². The number of hydrogen-bond acceptors (Lipinski definition) is 4. The van der Waals surface area contributed by atoms with E-state index in [9.17, 15) is 5.11 Å². The van der Waals surface area contributed by atoms with E-state index in [1.807, 2.05) is 0 Å². The third-order valence-corrected chi connectivity index (χ3v) is 2.72. The number of aromatic nitrogens is 2. The van der Waals surface area contributed by atoms with Crippen molar-refractivity contribution in [2.75, 3.05) is 5.32 Å². The van der Waals surface area contributed by atoms with Crippen LogP contribution in [0.2, 0.25) is 10.0 Å². The summed E-state index contributed by atoms with van der Waals surface area (Å²) in [6.45, 7) is 1.63. The van der Waals surface area contributed by atoms with E-state index in [4.69, 9.17) is 23.2 Å². The van der Waals surface area contributed by atoms with Gasteiger partial charge in [0, 0.05) is 27.5 Å². The predicted octanol–water partition coefficient (Wildman–Crippen LogP) is 3.33. The van der Waals surface area contributed by atoms with Gasteiger partial charge >= 0.3 is 0 Å². The molecule has 2 aromatic rings. The lowest BCUT2D eigenvalue weighted by Gasteiger charge is -2.10. The quantitative estimate of drug-likeness (QED) is 0.907. The molecule has 0 aliphatic heterocycles. The number of rotatable bonds is 3. The summed E-state index contributed by atoms with van der Waals surface area (Å²) in [5, 5.41) is 13.3. The van der Waals surface area contributed by atoms with Gasteiger partial charge in [0.2, 0.25) is 0 Å². The van der Waals surface area contributed by atoms with E-state index in [2.05, 4.69) is 15.3 Å². The zero-order valence-corrected chi connectivity index (χ0v) is 11.1. The lowest BCUT2D eigenvalue weighted by atomic mass is 10.3. The minimum atomic E-state index is -0.142. The fourth-order valence-electron chi connectivity index (χ4n) is 1.48. The van der Waals surface area contributed by atoms with Crippen molar-refractivity contribution in [1.82, 2.24) is 9.97 Å². The van der Waals surface area contributed by atoms with Crippen LogP contribution in [0.5, 0.6) is 0 Å². The van der Waals surface area contributed by atoms with Crippen LogP contribution in [0.4, 0.5) is 11.5 Å². The molecule has 0 bridgehead atoms. The average molecular weight is 284 g/mol. The number of aryl methyl sites for hydroxylation is 1. The highest BCUT2D eigenvalue weighted by molar-refractivity contribution is 6.35. The van der Waals surface area contributed by atoms with E-state index in [1.54, 1.807) is 31.3 Å². The van der Waals surface area contributed by atoms with Crippen LogP contribution < -0.4 is 5.32 Å². The molecular weight excluding hydrogens is 273 g/mol. The topological polar surface area (TPSA) is 58.0 Å². The smallest absolute Gasteiger partial charge is 0.139 e. The summed E-state index contributed by atoms with van der Waals surface area (Å²) in [6, 6.07) is 5.10. The second-order valence-electron chi connectivity index (χ2n) is 3.73. The fourth-order valence-corrected chi connectivity index (χ4v) is 2.01. The molecule has 1 aromatic carbocycles. The maximum absolute atomic E-state index is 9.22. The molecule has 0 amide bonds. The molecule has 1 aromatic heterocycles. The third-order valence-electron chi connectivity index (χ3n) is 2.28. The van der Waals surface area contributed by atoms with Crippen molar-refractivity contribution in [2.45, 2.75) is 13.5 Å². The van der Waals surface area contributed by atoms with E-state index >= 15 is 0 Å². The lowest BCUT2D eigenvalue weighted by molar-refractivity contribution is 0.281. The van der Waals surface area contributed by atoms with Crippen LogP contribution in [0, 0.1) is 6.92 Å². The van der Waals surface area contributed by atoms with Gasteiger partial charge in [0.1, 0.15) is 11.6 Å². The molecule has 0 fully saturated rings. The van der Waals surface area contributed by atoms with Gasteiger partial charge in [0.25, 0.3) is 0 Å². The van der Waals surface area contributed by atoms with Gasteiger partial charge in [0.05, 0.1) is 6.61 Å². The molecule has 0 aliphatic carbocycles. The Balaban J connectivity index is 2.35. The highest BCUT2D eigenvalue weighted by atomic mass is 35.5. The van der Waals surface area contributed by atoms with Gasteiger partial charge in [0.15, 0.2) is 0 Å². The minimum absolute atomic E-state index is 0.142. The van der Waals surface area contributed by atoms with Gasteiger partial charge in [-0.2, -0.15) is 0 Å². The molecule has 0 spiro atoms. The van der Waals surface area contributed by atoms with Crippen molar-refractivity contribution in [1.29, 1.82) is 0 Å². The first-order valence-electron chi connectivity index (χ1n) is 5.25. The first kappa shape index (κ1) is 13.1. The number of aliphatic hydroxyl groups is 1. The van der Waals surface area contributed by atoms with E-state index in [0.717, 1.165) is 0 Å². The van der Waals surface area contributed by atoms with Crippen LogP contribution in [0.3, 0.4) is 0 Å². The Hall–Kier alpha value is -1.36. The summed E-state index contributed by atoms with van der Waals surface area (Å²) in [5.41, 5.74) is 1.32. The molecule has 18 heavy (non-hydrogen) atoms. The normalized spacial score (nSPS) is 10.4. The van der Waals surface area contributed by atoms with Gasteiger partial charge < -0.3 is 10.4 Å². The molecular formula is C12H11Cl2N3O. The predicted molar refractivity (Wildman–Crippen MR) is 72.4 cm³/mol. The first-order valence-corrected chi connectivity index (χ1v) is 6.00. The van der Waals surface area contributed by atoms with Crippen LogP contribution in [0.15, 0.2) is 24.4 Å². The number of halogens is 2. The number of benzene rings is 1. The maximum atomic E-state index is 9.22. The SMILES string of the molecule is Cc1ncc(CO)c(Nc2cc(Cl)cc(Cl)c2)n1. The van der Waals surface area contributed by atoms with Crippen LogP contribution in [0.25, 0.3) is 0 Å². The highest BCUT2D eigenvalue weighted by Gasteiger charge is 2.06. The Morgan fingerprint density at radius 1 is 1.22 bits per heavy atom. The van der Waals surface area contributed by atoms with Crippen molar-refractivity contribution in [3.8, 4) is 0 Å². The zero-order valence-electron chi connectivity index (χ0n) is 9.61. The summed E-state index contributed by atoms with van der Waals surface area (Å²) in [4.78, 5) is 8.25. The van der Waals surface area contributed by atoms with E-state index < -0.39 is 0 Å². The molecule has 0 saturated carbocycles. The summed E-state index contributed by atoms with van der Waals surface area (Å²) in [5.74, 6) is 1.16. The molecule has 0 unspecified atom stereocenters. The van der Waals surface area contributed by atoms with Gasteiger partial charge in [-0.1, -0.05) is 23.2 Å². The summed E-state index contributed by atoms with van der Waals surface area (Å²) >= 11 is 11.8. The maximum Gasteiger partial charge on any atom is 0.139 e. The van der Waals surface area contributed by atoms with Gasteiger partial charge in [-0.15, -0.1) is 0 Å². The number of hydrogen-bond donors (Lipinski definition) is 2. The fraction of sp³-hybridized carbons (Fsp3) is 0.167. The van der Waals surface area contributed by atoms with Gasteiger partial charge in [-0.3, -0.25) is 0 Å². The molecule has 6 heteroatoms. The van der Waals surface area contributed by atoms with E-state index in [0.29, 0.717) is 32.9 Å². The Morgan fingerprint density at radius 2 is 1.89 bits per heavy atom. The standard InChI is InChI=1S/C12H11Cl2N3O/c1-7-15-5-8(6-18)12(16-7)17-11-3-9(13)2-10(14)4-11/h2-5,18H,6H2,1H3,(H,15,16,17). The molecule has 4 nitrogen and oxygen atoms in total. The second kappa shape index (κ2) is 5.52. The Bertz CT molecular complexity index is 555. The first-order chi connectivity index (χ1) is 8.58. The molecule has 0 saturated heterocycles. The second-order valence-corrected chi connectivity index (χ2v) is 4.61. The van der Waals surface area contributed by atoms with Crippen molar-refractivity contribution in [3.63, 3.8) is 0 Å². The molecule has 2 rings (SSSR count). The number of aliphatic hydroxyl groups excluding tert-OH is 1. The number of nitrogens with one attached hydrogen (secondary N) is 1. The molecule has 0 aliphatic rings. The number of anilines is 2. The van der Waals surface area contributed by atoms with Crippen LogP contribution in [-0.2, 0) is 6.61 Å². The van der Waals surface area contributed by atoms with Crippen molar-refractivity contribution in [2.24, 2.45) is 0 Å². The zero-order chi connectivity index (χ0) is 13.1. The van der Waals surface area contributed by atoms with Crippen molar-refractivity contribution >= 4 is 34.7 Å². The number of nitrogens with zero attached hydrogens (tertiary/aromatic N) is 2. The van der Waals surface area contributed by atoms with Crippen LogP contribution in [0.1, 0.15) is 11.4 Å². The molecule has 0 atom stereocenters. The van der Waals surface area contributed by atoms with Crippen LogP contribution >= 0.6 is 23.2 Å². The van der Waals surface area contributed by atoms with Crippen molar-refractivity contribution in [3.05, 3.63) is 45.8 Å². The summed E-state index contributed by atoms with van der Waals surface area (Å²) in [6.07, 6.45) is 1.58. The molecule has 0 radical (unpaired) electrons. The molecule has 2 N–H and O–H groups in total. The van der Waals surface area contributed by atoms with Gasteiger partial charge in [-0.25, -0.2) is 9.97 Å². The Kier molecular flexibility index (Phi) is 4.01. The Morgan fingerprint density at radius 3 is 2.50 bits per heavy atom.